The third-order valence-electron chi connectivity index (χ3n) is 4.31. The van der Waals surface area contributed by atoms with E-state index in [2.05, 4.69) is 109 Å². The van der Waals surface area contributed by atoms with Crippen molar-refractivity contribution in [3.05, 3.63) is 109 Å². The lowest BCUT2D eigenvalue weighted by Gasteiger charge is -2.14. The van der Waals surface area contributed by atoms with E-state index in [0.717, 1.165) is 0 Å². The summed E-state index contributed by atoms with van der Waals surface area (Å²) in [5, 5.41) is 0. The van der Waals surface area contributed by atoms with Crippen LogP contribution in [0.25, 0.3) is 33.4 Å². The second kappa shape index (κ2) is 10.1. The summed E-state index contributed by atoms with van der Waals surface area (Å²) in [7, 11) is 0. The van der Waals surface area contributed by atoms with Crippen LogP contribution in [0.2, 0.25) is 0 Å². The molecule has 0 aliphatic rings. The molecule has 0 aromatic heterocycles. The summed E-state index contributed by atoms with van der Waals surface area (Å²) < 4.78 is 0. The van der Waals surface area contributed by atoms with Crippen LogP contribution in [0, 0.1) is 0 Å². The van der Waals surface area contributed by atoms with E-state index in [-0.39, 0.29) is 22.3 Å². The van der Waals surface area contributed by atoms with Crippen molar-refractivity contribution in [1.29, 1.82) is 0 Å². The van der Waals surface area contributed by atoms with Gasteiger partial charge in [-0.2, -0.15) is 0 Å². The Kier molecular flexibility index (Phi) is 8.23. The molecule has 27 heavy (non-hydrogen) atoms. The maximum Gasteiger partial charge on any atom is -0.00992 e. The van der Waals surface area contributed by atoms with Gasteiger partial charge in [-0.25, -0.2) is 0 Å². The first-order chi connectivity index (χ1) is 11.9. The molecule has 0 aliphatic carbocycles. The number of benzene rings is 4. The Hall–Kier alpha value is -3.12. The molecule has 0 spiro atoms. The summed E-state index contributed by atoms with van der Waals surface area (Å²) in [5.41, 5.74) is 7.56. The van der Waals surface area contributed by atoms with Gasteiger partial charge in [0.05, 0.1) is 0 Å². The number of hydrogen-bond donors (Lipinski definition) is 0. The second-order valence-corrected chi connectivity index (χ2v) is 5.82. The molecule has 0 bridgehead atoms. The summed E-state index contributed by atoms with van der Waals surface area (Å²) in [6.07, 6.45) is 0. The SMILES string of the molecule is C.C.C.c1ccc(-c2ccccc2-c2ccccc2-c2ccccc2)cc1. The number of rotatable bonds is 3. The van der Waals surface area contributed by atoms with E-state index in [4.69, 9.17) is 0 Å². The molecule has 0 nitrogen and oxygen atoms in total. The summed E-state index contributed by atoms with van der Waals surface area (Å²) in [6, 6.07) is 38.4. The van der Waals surface area contributed by atoms with E-state index in [1.54, 1.807) is 0 Å². The first-order valence-corrected chi connectivity index (χ1v) is 8.23. The Morgan fingerprint density at radius 1 is 0.259 bits per heavy atom. The lowest BCUT2D eigenvalue weighted by atomic mass is 9.89. The molecule has 0 radical (unpaired) electrons. The van der Waals surface area contributed by atoms with Crippen LogP contribution < -0.4 is 0 Å². The molecule has 138 valence electrons. The first kappa shape index (κ1) is 21.9. The van der Waals surface area contributed by atoms with E-state index < -0.39 is 0 Å². The van der Waals surface area contributed by atoms with Gasteiger partial charge in [-0.05, 0) is 33.4 Å². The van der Waals surface area contributed by atoms with Gasteiger partial charge in [0, 0.05) is 0 Å². The van der Waals surface area contributed by atoms with E-state index in [1.807, 2.05) is 0 Å². The highest BCUT2D eigenvalue weighted by atomic mass is 14.1. The summed E-state index contributed by atoms with van der Waals surface area (Å²) in [4.78, 5) is 0. The molecule has 4 rings (SSSR count). The Balaban J connectivity index is 0.00000121. The summed E-state index contributed by atoms with van der Waals surface area (Å²) in [5.74, 6) is 0. The van der Waals surface area contributed by atoms with Crippen LogP contribution in [-0.2, 0) is 0 Å². The first-order valence-electron chi connectivity index (χ1n) is 8.23. The van der Waals surface area contributed by atoms with Gasteiger partial charge >= 0.3 is 0 Å². The zero-order valence-corrected chi connectivity index (χ0v) is 13.4. The fraction of sp³-hybridized carbons (Fsp3) is 0.111. The lowest BCUT2D eigenvalue weighted by Crippen LogP contribution is -1.88. The Bertz CT molecular complexity index is 857. The Labute approximate surface area is 165 Å². The second-order valence-electron chi connectivity index (χ2n) is 5.82. The summed E-state index contributed by atoms with van der Waals surface area (Å²) in [6.45, 7) is 0. The minimum absolute atomic E-state index is 0. The van der Waals surface area contributed by atoms with Crippen molar-refractivity contribution in [3.63, 3.8) is 0 Å². The minimum atomic E-state index is 0. The minimum Gasteiger partial charge on any atom is -0.0776 e. The molecule has 0 heterocycles. The third-order valence-corrected chi connectivity index (χ3v) is 4.31. The van der Waals surface area contributed by atoms with Crippen molar-refractivity contribution < 1.29 is 0 Å². The molecule has 0 fully saturated rings. The normalized spacial score (nSPS) is 9.33. The largest absolute Gasteiger partial charge is 0.0776 e. The van der Waals surface area contributed by atoms with Crippen molar-refractivity contribution in [2.24, 2.45) is 0 Å². The number of hydrogen-bond acceptors (Lipinski definition) is 0. The van der Waals surface area contributed by atoms with Gasteiger partial charge in [0.15, 0.2) is 0 Å². The van der Waals surface area contributed by atoms with Crippen molar-refractivity contribution in [1.82, 2.24) is 0 Å². The highest BCUT2D eigenvalue weighted by Crippen LogP contribution is 2.37. The molecule has 0 aliphatic heterocycles. The maximum atomic E-state index is 2.21. The van der Waals surface area contributed by atoms with E-state index in [0.29, 0.717) is 0 Å². The van der Waals surface area contributed by atoms with Crippen LogP contribution in [0.3, 0.4) is 0 Å². The Morgan fingerprint density at radius 2 is 0.519 bits per heavy atom. The van der Waals surface area contributed by atoms with Crippen molar-refractivity contribution in [2.45, 2.75) is 22.3 Å². The molecule has 0 atom stereocenters. The van der Waals surface area contributed by atoms with Gasteiger partial charge in [-0.3, -0.25) is 0 Å². The molecule has 4 aromatic carbocycles. The molecule has 0 amide bonds. The van der Waals surface area contributed by atoms with Crippen LogP contribution in [0.5, 0.6) is 0 Å². The van der Waals surface area contributed by atoms with E-state index >= 15 is 0 Å². The zero-order valence-electron chi connectivity index (χ0n) is 13.4. The zero-order chi connectivity index (χ0) is 16.2. The smallest absolute Gasteiger partial charge is 0.00992 e. The van der Waals surface area contributed by atoms with Crippen LogP contribution in [0.1, 0.15) is 22.3 Å². The van der Waals surface area contributed by atoms with Gasteiger partial charge in [-0.1, -0.05) is 131 Å². The quantitative estimate of drug-likeness (QED) is 0.345. The maximum absolute atomic E-state index is 2.21. The predicted molar refractivity (Wildman–Crippen MR) is 123 cm³/mol. The van der Waals surface area contributed by atoms with Gasteiger partial charge < -0.3 is 0 Å². The van der Waals surface area contributed by atoms with Gasteiger partial charge in [0.2, 0.25) is 0 Å². The summed E-state index contributed by atoms with van der Waals surface area (Å²) >= 11 is 0. The topological polar surface area (TPSA) is 0 Å². The van der Waals surface area contributed by atoms with Crippen LogP contribution in [-0.4, -0.2) is 0 Å². The Morgan fingerprint density at radius 3 is 0.852 bits per heavy atom. The third kappa shape index (κ3) is 4.54. The fourth-order valence-electron chi connectivity index (χ4n) is 3.17. The average molecular weight is 355 g/mol. The fourth-order valence-corrected chi connectivity index (χ4v) is 3.17. The van der Waals surface area contributed by atoms with Crippen LogP contribution in [0.15, 0.2) is 109 Å². The van der Waals surface area contributed by atoms with Crippen molar-refractivity contribution in [3.8, 4) is 33.4 Å². The molecule has 0 unspecified atom stereocenters. The van der Waals surface area contributed by atoms with Gasteiger partial charge in [0.1, 0.15) is 0 Å². The van der Waals surface area contributed by atoms with Gasteiger partial charge in [0.25, 0.3) is 0 Å². The average Bonchev–Trinajstić information content (AvgIpc) is 2.69. The lowest BCUT2D eigenvalue weighted by molar-refractivity contribution is 1.56. The van der Waals surface area contributed by atoms with Crippen molar-refractivity contribution >= 4 is 0 Å². The molecule has 0 saturated carbocycles. The molecule has 0 heteroatoms. The van der Waals surface area contributed by atoms with Crippen molar-refractivity contribution in [2.75, 3.05) is 0 Å². The molecule has 0 N–H and O–H groups in total. The highest BCUT2D eigenvalue weighted by Gasteiger charge is 2.11. The molecule has 4 aromatic rings. The van der Waals surface area contributed by atoms with E-state index in [1.165, 1.54) is 33.4 Å². The molecular formula is C27H30. The monoisotopic (exact) mass is 354 g/mol. The molecule has 0 saturated heterocycles. The highest BCUT2D eigenvalue weighted by molar-refractivity contribution is 5.91. The van der Waals surface area contributed by atoms with Gasteiger partial charge in [-0.15, -0.1) is 0 Å². The van der Waals surface area contributed by atoms with Crippen LogP contribution in [0.4, 0.5) is 0 Å². The van der Waals surface area contributed by atoms with Crippen LogP contribution >= 0.6 is 0 Å². The van der Waals surface area contributed by atoms with E-state index in [9.17, 15) is 0 Å². The standard InChI is InChI=1S/C24H18.3CH4/c1-3-11-19(12-4-1)21-15-7-9-17-23(21)24-18-10-8-16-22(24)20-13-5-2-6-14-20;;;/h1-18H;3*1H4. The predicted octanol–water partition coefficient (Wildman–Crippen LogP) is 8.60. The molecular weight excluding hydrogens is 324 g/mol.